The van der Waals surface area contributed by atoms with Crippen molar-refractivity contribution in [1.82, 2.24) is 19.7 Å². The third kappa shape index (κ3) is 4.37. The predicted octanol–water partition coefficient (Wildman–Crippen LogP) is 4.78. The van der Waals surface area contributed by atoms with Crippen LogP contribution < -0.4 is 11.2 Å². The van der Waals surface area contributed by atoms with E-state index in [1.807, 2.05) is 31.2 Å². The molecule has 0 saturated heterocycles. The smallest absolute Gasteiger partial charge is 0.334 e. The highest BCUT2D eigenvalue weighted by Crippen LogP contribution is 2.31. The number of aryl methyl sites for hydroxylation is 1. The van der Waals surface area contributed by atoms with Gasteiger partial charge in [-0.05, 0) is 42.8 Å². The maximum Gasteiger partial charge on any atom is 0.416 e. The lowest BCUT2D eigenvalue weighted by atomic mass is 10.1. The van der Waals surface area contributed by atoms with Gasteiger partial charge >= 0.3 is 11.9 Å². The zero-order valence-corrected chi connectivity index (χ0v) is 18.3. The number of hydrogen-bond acceptors (Lipinski definition) is 5. The molecule has 5 rings (SSSR count). The Bertz CT molecular complexity index is 1650. The molecule has 7 nitrogen and oxygen atoms in total. The summed E-state index contributed by atoms with van der Waals surface area (Å²) in [7, 11) is 0. The SMILES string of the molecule is Cc1ccc(Cn2c(=O)[nH]c3cc(-c4nc(-c5ccc(C(F)(F)F)cc5)no4)ccc3c2=O)cc1. The number of alkyl halides is 3. The van der Waals surface area contributed by atoms with Crippen LogP contribution in [0.2, 0.25) is 0 Å². The lowest BCUT2D eigenvalue weighted by Gasteiger charge is -2.07. The summed E-state index contributed by atoms with van der Waals surface area (Å²) in [4.78, 5) is 32.6. The molecule has 10 heteroatoms. The number of hydrogen-bond donors (Lipinski definition) is 1. The zero-order chi connectivity index (χ0) is 24.7. The van der Waals surface area contributed by atoms with E-state index in [4.69, 9.17) is 4.52 Å². The van der Waals surface area contributed by atoms with Crippen LogP contribution >= 0.6 is 0 Å². The van der Waals surface area contributed by atoms with E-state index in [0.29, 0.717) is 22.0 Å². The highest BCUT2D eigenvalue weighted by atomic mass is 19.4. The molecule has 2 heterocycles. The summed E-state index contributed by atoms with van der Waals surface area (Å²) in [5, 5.41) is 4.14. The van der Waals surface area contributed by atoms with Crippen molar-refractivity contribution < 1.29 is 17.7 Å². The minimum atomic E-state index is -4.44. The Morgan fingerprint density at radius 3 is 2.31 bits per heavy atom. The summed E-state index contributed by atoms with van der Waals surface area (Å²) >= 11 is 0. The van der Waals surface area contributed by atoms with Crippen molar-refractivity contribution in [1.29, 1.82) is 0 Å². The van der Waals surface area contributed by atoms with Crippen LogP contribution in [-0.2, 0) is 12.7 Å². The van der Waals surface area contributed by atoms with E-state index in [9.17, 15) is 22.8 Å². The molecule has 0 bridgehead atoms. The molecule has 5 aromatic rings. The Morgan fingerprint density at radius 1 is 0.943 bits per heavy atom. The van der Waals surface area contributed by atoms with Crippen molar-refractivity contribution in [2.24, 2.45) is 0 Å². The molecule has 0 unspecified atom stereocenters. The Hall–Kier alpha value is -4.47. The predicted molar refractivity (Wildman–Crippen MR) is 123 cm³/mol. The number of nitrogens with one attached hydrogen (secondary N) is 1. The van der Waals surface area contributed by atoms with E-state index in [1.165, 1.54) is 12.1 Å². The second-order valence-electron chi connectivity index (χ2n) is 8.07. The minimum absolute atomic E-state index is 0.0893. The third-order valence-corrected chi connectivity index (χ3v) is 5.59. The van der Waals surface area contributed by atoms with E-state index in [0.717, 1.165) is 27.8 Å². The molecule has 176 valence electrons. The number of benzene rings is 3. The molecule has 2 aromatic heterocycles. The van der Waals surface area contributed by atoms with E-state index in [1.54, 1.807) is 18.2 Å². The van der Waals surface area contributed by atoms with Crippen molar-refractivity contribution in [3.05, 3.63) is 104 Å². The molecule has 1 N–H and O–H groups in total. The van der Waals surface area contributed by atoms with Gasteiger partial charge in [0.1, 0.15) is 0 Å². The van der Waals surface area contributed by atoms with Gasteiger partial charge in [0.25, 0.3) is 11.4 Å². The molecule has 3 aromatic carbocycles. The first-order valence-electron chi connectivity index (χ1n) is 10.5. The van der Waals surface area contributed by atoms with Crippen molar-refractivity contribution >= 4 is 10.9 Å². The third-order valence-electron chi connectivity index (χ3n) is 5.59. The van der Waals surface area contributed by atoms with Crippen LogP contribution in [0.15, 0.2) is 80.8 Å². The lowest BCUT2D eigenvalue weighted by Crippen LogP contribution is -2.35. The first kappa shape index (κ1) is 22.3. The monoisotopic (exact) mass is 478 g/mol. The van der Waals surface area contributed by atoms with Gasteiger partial charge in [-0.25, -0.2) is 4.79 Å². The van der Waals surface area contributed by atoms with Crippen molar-refractivity contribution in [2.75, 3.05) is 0 Å². The summed E-state index contributed by atoms with van der Waals surface area (Å²) < 4.78 is 44.7. The van der Waals surface area contributed by atoms with E-state index in [2.05, 4.69) is 15.1 Å². The van der Waals surface area contributed by atoms with E-state index >= 15 is 0 Å². The zero-order valence-electron chi connectivity index (χ0n) is 18.3. The van der Waals surface area contributed by atoms with Crippen LogP contribution in [0.25, 0.3) is 33.7 Å². The number of aromatic amines is 1. The van der Waals surface area contributed by atoms with E-state index < -0.39 is 23.0 Å². The first-order valence-corrected chi connectivity index (χ1v) is 10.5. The van der Waals surface area contributed by atoms with Gasteiger partial charge in [-0.2, -0.15) is 18.2 Å². The number of rotatable bonds is 4. The molecular weight excluding hydrogens is 461 g/mol. The number of halogens is 3. The number of aromatic nitrogens is 4. The van der Waals surface area contributed by atoms with Crippen LogP contribution in [0.3, 0.4) is 0 Å². The molecule has 0 fully saturated rings. The summed E-state index contributed by atoms with van der Waals surface area (Å²) in [6.45, 7) is 2.08. The Kier molecular flexibility index (Phi) is 5.35. The fraction of sp³-hybridized carbons (Fsp3) is 0.120. The Labute approximate surface area is 195 Å². The highest BCUT2D eigenvalue weighted by Gasteiger charge is 2.30. The van der Waals surface area contributed by atoms with Gasteiger partial charge in [0, 0.05) is 11.1 Å². The van der Waals surface area contributed by atoms with Gasteiger partial charge in [0.05, 0.1) is 23.0 Å². The van der Waals surface area contributed by atoms with Gasteiger partial charge in [-0.3, -0.25) is 9.36 Å². The fourth-order valence-electron chi connectivity index (χ4n) is 3.67. The van der Waals surface area contributed by atoms with Gasteiger partial charge in [-0.15, -0.1) is 0 Å². The molecule has 0 amide bonds. The second-order valence-corrected chi connectivity index (χ2v) is 8.07. The number of H-pyrrole nitrogens is 1. The van der Waals surface area contributed by atoms with Gasteiger partial charge in [-0.1, -0.05) is 47.1 Å². The minimum Gasteiger partial charge on any atom is -0.334 e. The molecule has 0 atom stereocenters. The molecule has 0 radical (unpaired) electrons. The quantitative estimate of drug-likeness (QED) is 0.401. The number of nitrogens with zero attached hydrogens (tertiary/aromatic N) is 3. The van der Waals surface area contributed by atoms with Crippen LogP contribution in [0.5, 0.6) is 0 Å². The van der Waals surface area contributed by atoms with Gasteiger partial charge < -0.3 is 9.51 Å². The molecule has 0 spiro atoms. The second kappa shape index (κ2) is 8.39. The topological polar surface area (TPSA) is 93.8 Å². The molecule has 0 aliphatic rings. The Morgan fingerprint density at radius 2 is 1.63 bits per heavy atom. The maximum atomic E-state index is 13.0. The van der Waals surface area contributed by atoms with Crippen molar-refractivity contribution in [3.63, 3.8) is 0 Å². The maximum absolute atomic E-state index is 13.0. The van der Waals surface area contributed by atoms with Crippen LogP contribution in [-0.4, -0.2) is 19.7 Å². The average molecular weight is 478 g/mol. The van der Waals surface area contributed by atoms with Crippen molar-refractivity contribution in [2.45, 2.75) is 19.6 Å². The molecule has 0 aliphatic carbocycles. The molecular formula is C25H17F3N4O3. The van der Waals surface area contributed by atoms with E-state index in [-0.39, 0.29) is 18.3 Å². The summed E-state index contributed by atoms with van der Waals surface area (Å²) in [6.07, 6.45) is -4.44. The molecule has 0 saturated carbocycles. The molecule has 35 heavy (non-hydrogen) atoms. The summed E-state index contributed by atoms with van der Waals surface area (Å²) in [5.41, 5.74) is 1.20. The average Bonchev–Trinajstić information content (AvgIpc) is 3.32. The first-order chi connectivity index (χ1) is 16.7. The van der Waals surface area contributed by atoms with Crippen LogP contribution in [0.1, 0.15) is 16.7 Å². The van der Waals surface area contributed by atoms with Gasteiger partial charge in [0.2, 0.25) is 5.82 Å². The van der Waals surface area contributed by atoms with Crippen LogP contribution in [0, 0.1) is 6.92 Å². The van der Waals surface area contributed by atoms with Crippen molar-refractivity contribution in [3.8, 4) is 22.8 Å². The fourth-order valence-corrected chi connectivity index (χ4v) is 3.67. The highest BCUT2D eigenvalue weighted by molar-refractivity contribution is 5.82. The molecule has 0 aliphatic heterocycles. The van der Waals surface area contributed by atoms with Crippen LogP contribution in [0.4, 0.5) is 13.2 Å². The van der Waals surface area contributed by atoms with Gasteiger partial charge in [0.15, 0.2) is 0 Å². The lowest BCUT2D eigenvalue weighted by molar-refractivity contribution is -0.137. The normalized spacial score (nSPS) is 11.8. The summed E-state index contributed by atoms with van der Waals surface area (Å²) in [6, 6.07) is 16.6. The number of fused-ring (bicyclic) bond motifs is 1. The standard InChI is InChI=1S/C25H17F3N4O3/c1-14-2-4-15(5-3-14)13-32-23(33)19-11-8-17(12-20(19)29-24(32)34)22-30-21(31-35-22)16-6-9-18(10-7-16)25(26,27)28/h2-12H,13H2,1H3,(H,29,34). The largest absolute Gasteiger partial charge is 0.416 e. The summed E-state index contributed by atoms with van der Waals surface area (Å²) in [5.74, 6) is 0.197. The Balaban J connectivity index is 1.46.